The zero-order valence-corrected chi connectivity index (χ0v) is 13.2. The lowest BCUT2D eigenvalue weighted by molar-refractivity contribution is 0.534. The molecule has 3 heterocycles. The highest BCUT2D eigenvalue weighted by Gasteiger charge is 2.21. The van der Waals surface area contributed by atoms with Gasteiger partial charge in [-0.3, -0.25) is 0 Å². The molecule has 0 aliphatic carbocycles. The van der Waals surface area contributed by atoms with E-state index in [0.29, 0.717) is 12.0 Å². The normalized spacial score (nSPS) is 18.8. The van der Waals surface area contributed by atoms with E-state index in [4.69, 9.17) is 4.98 Å². The van der Waals surface area contributed by atoms with Crippen LogP contribution in [0.1, 0.15) is 32.3 Å². The summed E-state index contributed by atoms with van der Waals surface area (Å²) in [4.78, 5) is 7.03. The first kappa shape index (κ1) is 14.3. The van der Waals surface area contributed by atoms with Crippen molar-refractivity contribution >= 4 is 11.6 Å². The SMILES string of the molecule is Cc1ccc2nc(N(CC(C)C)CC3CCCN3)nn2c1. The van der Waals surface area contributed by atoms with Crippen LogP contribution >= 0.6 is 0 Å². The molecule has 21 heavy (non-hydrogen) atoms. The van der Waals surface area contributed by atoms with Gasteiger partial charge in [0, 0.05) is 25.3 Å². The Bertz CT molecular complexity index is 598. The maximum Gasteiger partial charge on any atom is 0.245 e. The van der Waals surface area contributed by atoms with Crippen molar-refractivity contribution in [2.24, 2.45) is 5.92 Å². The highest BCUT2D eigenvalue weighted by Crippen LogP contribution is 2.16. The van der Waals surface area contributed by atoms with Crippen molar-refractivity contribution in [2.75, 3.05) is 24.5 Å². The van der Waals surface area contributed by atoms with E-state index in [0.717, 1.165) is 31.2 Å². The molecule has 1 N–H and O–H groups in total. The Kier molecular flexibility index (Phi) is 4.10. The van der Waals surface area contributed by atoms with Gasteiger partial charge in [0.15, 0.2) is 5.65 Å². The van der Waals surface area contributed by atoms with Crippen molar-refractivity contribution < 1.29 is 0 Å². The second-order valence-corrected chi connectivity index (χ2v) is 6.51. The second-order valence-electron chi connectivity index (χ2n) is 6.51. The minimum atomic E-state index is 0.567. The Labute approximate surface area is 126 Å². The molecule has 0 radical (unpaired) electrons. The molecular formula is C16H25N5. The van der Waals surface area contributed by atoms with Crippen molar-refractivity contribution in [3.63, 3.8) is 0 Å². The smallest absolute Gasteiger partial charge is 0.245 e. The van der Waals surface area contributed by atoms with Gasteiger partial charge in [0.25, 0.3) is 0 Å². The number of hydrogen-bond donors (Lipinski definition) is 1. The zero-order chi connectivity index (χ0) is 14.8. The van der Waals surface area contributed by atoms with E-state index in [1.807, 2.05) is 16.8 Å². The highest BCUT2D eigenvalue weighted by molar-refractivity contribution is 5.45. The van der Waals surface area contributed by atoms with Gasteiger partial charge in [-0.2, -0.15) is 4.98 Å². The first-order chi connectivity index (χ1) is 10.1. The Morgan fingerprint density at radius 1 is 1.43 bits per heavy atom. The predicted molar refractivity (Wildman–Crippen MR) is 85.8 cm³/mol. The van der Waals surface area contributed by atoms with Crippen molar-refractivity contribution in [2.45, 2.75) is 39.7 Å². The van der Waals surface area contributed by atoms with Crippen molar-refractivity contribution in [1.82, 2.24) is 19.9 Å². The van der Waals surface area contributed by atoms with Gasteiger partial charge in [-0.15, -0.1) is 5.10 Å². The lowest BCUT2D eigenvalue weighted by atomic mass is 10.1. The molecule has 0 bridgehead atoms. The van der Waals surface area contributed by atoms with Crippen LogP contribution in [-0.4, -0.2) is 40.3 Å². The summed E-state index contributed by atoms with van der Waals surface area (Å²) in [5.41, 5.74) is 2.12. The Hall–Kier alpha value is -1.62. The third kappa shape index (κ3) is 3.35. The molecule has 1 saturated heterocycles. The largest absolute Gasteiger partial charge is 0.338 e. The summed E-state index contributed by atoms with van der Waals surface area (Å²) < 4.78 is 1.89. The third-order valence-electron chi connectivity index (χ3n) is 3.94. The monoisotopic (exact) mass is 287 g/mol. The number of pyridine rings is 1. The molecule has 2 aromatic heterocycles. The first-order valence-electron chi connectivity index (χ1n) is 7.93. The molecule has 0 spiro atoms. The summed E-state index contributed by atoms with van der Waals surface area (Å²) in [5.74, 6) is 1.45. The van der Waals surface area contributed by atoms with E-state index in [-0.39, 0.29) is 0 Å². The molecule has 5 heteroatoms. The number of hydrogen-bond acceptors (Lipinski definition) is 4. The molecule has 1 atom stereocenters. The minimum absolute atomic E-state index is 0.567. The molecule has 1 unspecified atom stereocenters. The summed E-state index contributed by atoms with van der Waals surface area (Å²) in [6.45, 7) is 9.69. The van der Waals surface area contributed by atoms with E-state index >= 15 is 0 Å². The molecule has 1 fully saturated rings. The third-order valence-corrected chi connectivity index (χ3v) is 3.94. The number of aromatic nitrogens is 3. The van der Waals surface area contributed by atoms with Crippen LogP contribution < -0.4 is 10.2 Å². The standard InChI is InChI=1S/C16H25N5/c1-12(2)9-20(11-14-5-4-8-17-14)16-18-15-7-6-13(3)10-21(15)19-16/h6-7,10,12,14,17H,4-5,8-9,11H2,1-3H3. The molecule has 1 aliphatic rings. The Morgan fingerprint density at radius 2 is 2.29 bits per heavy atom. The average molecular weight is 287 g/mol. The minimum Gasteiger partial charge on any atom is -0.338 e. The van der Waals surface area contributed by atoms with Gasteiger partial charge < -0.3 is 10.2 Å². The molecule has 1 aliphatic heterocycles. The Balaban J connectivity index is 1.85. The van der Waals surface area contributed by atoms with Crippen LogP contribution in [0.2, 0.25) is 0 Å². The van der Waals surface area contributed by atoms with E-state index in [2.05, 4.69) is 42.2 Å². The summed E-state index contributed by atoms with van der Waals surface area (Å²) >= 11 is 0. The Morgan fingerprint density at radius 3 is 3.00 bits per heavy atom. The highest BCUT2D eigenvalue weighted by atomic mass is 15.4. The zero-order valence-electron chi connectivity index (χ0n) is 13.2. The molecular weight excluding hydrogens is 262 g/mol. The van der Waals surface area contributed by atoms with Crippen LogP contribution in [-0.2, 0) is 0 Å². The van der Waals surface area contributed by atoms with Crippen LogP contribution in [0.25, 0.3) is 5.65 Å². The van der Waals surface area contributed by atoms with Gasteiger partial charge in [0.2, 0.25) is 5.95 Å². The van der Waals surface area contributed by atoms with Gasteiger partial charge in [-0.25, -0.2) is 4.52 Å². The van der Waals surface area contributed by atoms with Gasteiger partial charge in [-0.05, 0) is 43.9 Å². The summed E-state index contributed by atoms with van der Waals surface area (Å²) in [6, 6.07) is 4.68. The van der Waals surface area contributed by atoms with Crippen LogP contribution in [0.3, 0.4) is 0 Å². The van der Waals surface area contributed by atoms with E-state index in [9.17, 15) is 0 Å². The van der Waals surface area contributed by atoms with E-state index < -0.39 is 0 Å². The van der Waals surface area contributed by atoms with Crippen LogP contribution in [0, 0.1) is 12.8 Å². The van der Waals surface area contributed by atoms with Crippen LogP contribution in [0.4, 0.5) is 5.95 Å². The number of rotatable bonds is 5. The van der Waals surface area contributed by atoms with Crippen molar-refractivity contribution in [3.05, 3.63) is 23.9 Å². The number of fused-ring (bicyclic) bond motifs is 1. The molecule has 114 valence electrons. The first-order valence-corrected chi connectivity index (χ1v) is 7.93. The fraction of sp³-hybridized carbons (Fsp3) is 0.625. The molecule has 0 amide bonds. The maximum atomic E-state index is 4.70. The van der Waals surface area contributed by atoms with Gasteiger partial charge >= 0.3 is 0 Å². The van der Waals surface area contributed by atoms with Crippen molar-refractivity contribution in [1.29, 1.82) is 0 Å². The van der Waals surface area contributed by atoms with Crippen LogP contribution in [0.15, 0.2) is 18.3 Å². The fourth-order valence-corrected chi connectivity index (χ4v) is 2.97. The van der Waals surface area contributed by atoms with Crippen LogP contribution in [0.5, 0.6) is 0 Å². The predicted octanol–water partition coefficient (Wildman–Crippen LogP) is 2.25. The lowest BCUT2D eigenvalue weighted by Crippen LogP contribution is -2.40. The maximum absolute atomic E-state index is 4.70. The molecule has 5 nitrogen and oxygen atoms in total. The molecule has 0 saturated carbocycles. The van der Waals surface area contributed by atoms with Gasteiger partial charge in [0.1, 0.15) is 0 Å². The summed E-state index contributed by atoms with van der Waals surface area (Å²) in [6.07, 6.45) is 4.56. The van der Waals surface area contributed by atoms with E-state index in [1.54, 1.807) is 0 Å². The van der Waals surface area contributed by atoms with Gasteiger partial charge in [0.05, 0.1) is 0 Å². The van der Waals surface area contributed by atoms with E-state index in [1.165, 1.54) is 18.4 Å². The molecule has 0 aromatic carbocycles. The number of aryl methyl sites for hydroxylation is 1. The second kappa shape index (κ2) is 6.02. The molecule has 3 rings (SSSR count). The summed E-state index contributed by atoms with van der Waals surface area (Å²) in [7, 11) is 0. The number of nitrogens with one attached hydrogen (secondary N) is 1. The quantitative estimate of drug-likeness (QED) is 0.916. The lowest BCUT2D eigenvalue weighted by Gasteiger charge is -2.26. The topological polar surface area (TPSA) is 45.5 Å². The average Bonchev–Trinajstić information content (AvgIpc) is 3.05. The number of anilines is 1. The van der Waals surface area contributed by atoms with Crippen molar-refractivity contribution in [3.8, 4) is 0 Å². The van der Waals surface area contributed by atoms with Gasteiger partial charge in [-0.1, -0.05) is 19.9 Å². The number of nitrogens with zero attached hydrogens (tertiary/aromatic N) is 4. The summed E-state index contributed by atoms with van der Waals surface area (Å²) in [5, 5.41) is 8.24. The molecule has 2 aromatic rings. The fourth-order valence-electron chi connectivity index (χ4n) is 2.97.